The molecule has 2 N–H and O–H groups in total. The molecule has 3 rings (SSSR count). The van der Waals surface area contributed by atoms with Gasteiger partial charge in [-0.3, -0.25) is 9.59 Å². The molecule has 0 spiro atoms. The maximum Gasteiger partial charge on any atom is 0.419 e. The van der Waals surface area contributed by atoms with E-state index in [0.29, 0.717) is 19.4 Å². The lowest BCUT2D eigenvalue weighted by atomic mass is 10.2. The van der Waals surface area contributed by atoms with Crippen molar-refractivity contribution in [3.63, 3.8) is 0 Å². The Balaban J connectivity index is 1.76. The Labute approximate surface area is 157 Å². The van der Waals surface area contributed by atoms with Gasteiger partial charge >= 0.3 is 6.18 Å². The van der Waals surface area contributed by atoms with Gasteiger partial charge in [0.15, 0.2) is 6.10 Å². The Hall–Kier alpha value is -3.11. The molecule has 150 valence electrons. The fraction of sp³-hybridized carbons (Fsp3) is 0.412. The zero-order chi connectivity index (χ0) is 20.5. The van der Waals surface area contributed by atoms with Crippen molar-refractivity contribution in [2.45, 2.75) is 38.1 Å². The van der Waals surface area contributed by atoms with Crippen LogP contribution in [0.2, 0.25) is 0 Å². The summed E-state index contributed by atoms with van der Waals surface area (Å²) in [5, 5.41) is 3.45. The summed E-state index contributed by atoms with van der Waals surface area (Å²) in [5.41, 5.74) is 4.12. The summed E-state index contributed by atoms with van der Waals surface area (Å²) < 4.78 is 49.7. The van der Waals surface area contributed by atoms with E-state index in [-0.39, 0.29) is 11.7 Å². The van der Waals surface area contributed by atoms with Crippen molar-refractivity contribution >= 4 is 11.8 Å². The highest BCUT2D eigenvalue weighted by Crippen LogP contribution is 2.37. The van der Waals surface area contributed by atoms with Crippen LogP contribution in [-0.4, -0.2) is 39.5 Å². The number of nitrogens with zero attached hydrogens (tertiary/aromatic N) is 3. The number of hydrogen-bond acceptors (Lipinski definition) is 6. The fourth-order valence-corrected chi connectivity index (χ4v) is 3.04. The first-order valence-corrected chi connectivity index (χ1v) is 8.45. The molecule has 1 saturated heterocycles. The number of carbonyl (C=O) groups excluding carboxylic acids is 2. The molecule has 28 heavy (non-hydrogen) atoms. The van der Waals surface area contributed by atoms with Gasteiger partial charge < -0.3 is 19.9 Å². The van der Waals surface area contributed by atoms with Crippen molar-refractivity contribution in [3.8, 4) is 5.75 Å². The third-order valence-electron chi connectivity index (χ3n) is 4.33. The fourth-order valence-electron chi connectivity index (χ4n) is 3.04. The van der Waals surface area contributed by atoms with Crippen LogP contribution in [0.15, 0.2) is 28.8 Å². The van der Waals surface area contributed by atoms with Gasteiger partial charge in [0, 0.05) is 6.54 Å². The largest absolute Gasteiger partial charge is 0.480 e. The minimum atomic E-state index is -4.61. The van der Waals surface area contributed by atoms with Crippen molar-refractivity contribution < 1.29 is 32.0 Å². The SMILES string of the molecule is C[C@@H](Oc1ccccc1C(F)(F)F)C(=O)N1CCC[C@@H]1c1nc(C(N)=O)no1. The average molecular weight is 398 g/mol. The first-order chi connectivity index (χ1) is 13.2. The number of halogens is 3. The lowest BCUT2D eigenvalue weighted by molar-refractivity contribution is -0.144. The highest BCUT2D eigenvalue weighted by molar-refractivity contribution is 5.88. The van der Waals surface area contributed by atoms with Crippen LogP contribution < -0.4 is 10.5 Å². The molecule has 0 unspecified atom stereocenters. The van der Waals surface area contributed by atoms with E-state index in [0.717, 1.165) is 12.1 Å². The first-order valence-electron chi connectivity index (χ1n) is 8.45. The molecule has 0 bridgehead atoms. The maximum absolute atomic E-state index is 13.1. The number of carbonyl (C=O) groups is 2. The maximum atomic E-state index is 13.1. The number of hydrogen-bond donors (Lipinski definition) is 1. The van der Waals surface area contributed by atoms with Crippen molar-refractivity contribution in [2.75, 3.05) is 6.54 Å². The van der Waals surface area contributed by atoms with Crippen molar-refractivity contribution in [1.29, 1.82) is 0 Å². The zero-order valence-electron chi connectivity index (χ0n) is 14.8. The van der Waals surface area contributed by atoms with Crippen LogP contribution in [-0.2, 0) is 11.0 Å². The number of aromatic nitrogens is 2. The molecule has 8 nitrogen and oxygen atoms in total. The number of amides is 2. The summed E-state index contributed by atoms with van der Waals surface area (Å²) in [7, 11) is 0. The highest BCUT2D eigenvalue weighted by atomic mass is 19.4. The third kappa shape index (κ3) is 3.92. The number of alkyl halides is 3. The molecular formula is C17H17F3N4O4. The second-order valence-corrected chi connectivity index (χ2v) is 6.26. The summed E-state index contributed by atoms with van der Waals surface area (Å²) in [5.74, 6) is -2.09. The van der Waals surface area contributed by atoms with Gasteiger partial charge in [-0.1, -0.05) is 17.3 Å². The van der Waals surface area contributed by atoms with Gasteiger partial charge in [-0.15, -0.1) is 0 Å². The van der Waals surface area contributed by atoms with Crippen LogP contribution in [0.5, 0.6) is 5.75 Å². The summed E-state index contributed by atoms with van der Waals surface area (Å²) >= 11 is 0. The number of para-hydroxylation sites is 1. The first kappa shape index (κ1) is 19.6. The molecule has 2 heterocycles. The molecule has 0 saturated carbocycles. The number of nitrogens with two attached hydrogens (primary N) is 1. The van der Waals surface area contributed by atoms with Gasteiger partial charge in [-0.2, -0.15) is 18.2 Å². The summed E-state index contributed by atoms with van der Waals surface area (Å²) in [6.07, 6.45) is -4.67. The topological polar surface area (TPSA) is 112 Å². The van der Waals surface area contributed by atoms with E-state index in [1.54, 1.807) is 0 Å². The molecule has 1 aromatic heterocycles. The van der Waals surface area contributed by atoms with Crippen LogP contribution in [0, 0.1) is 0 Å². The Morgan fingerprint density at radius 1 is 1.36 bits per heavy atom. The number of primary amides is 1. The summed E-state index contributed by atoms with van der Waals surface area (Å²) in [6.45, 7) is 1.71. The van der Waals surface area contributed by atoms with E-state index in [1.807, 2.05) is 0 Å². The Bertz CT molecular complexity index is 883. The van der Waals surface area contributed by atoms with Gasteiger partial charge in [-0.05, 0) is 31.9 Å². The van der Waals surface area contributed by atoms with Crippen LogP contribution >= 0.6 is 0 Å². The van der Waals surface area contributed by atoms with Crippen molar-refractivity contribution in [3.05, 3.63) is 41.5 Å². The Morgan fingerprint density at radius 3 is 2.71 bits per heavy atom. The minimum absolute atomic E-state index is 0.0440. The lowest BCUT2D eigenvalue weighted by Gasteiger charge is -2.26. The number of rotatable bonds is 5. The number of ether oxygens (including phenoxy) is 1. The number of likely N-dealkylation sites (tertiary alicyclic amines) is 1. The van der Waals surface area contributed by atoms with Gasteiger partial charge in [0.2, 0.25) is 5.89 Å². The van der Waals surface area contributed by atoms with Gasteiger partial charge in [0.25, 0.3) is 17.6 Å². The molecule has 0 aliphatic carbocycles. The molecule has 0 radical (unpaired) electrons. The van der Waals surface area contributed by atoms with Crippen LogP contribution in [0.25, 0.3) is 0 Å². The Morgan fingerprint density at radius 2 is 2.07 bits per heavy atom. The summed E-state index contributed by atoms with van der Waals surface area (Å²) in [4.78, 5) is 29.2. The molecule has 11 heteroatoms. The number of benzene rings is 1. The zero-order valence-corrected chi connectivity index (χ0v) is 14.8. The van der Waals surface area contributed by atoms with E-state index in [2.05, 4.69) is 10.1 Å². The van der Waals surface area contributed by atoms with E-state index in [4.69, 9.17) is 15.0 Å². The van der Waals surface area contributed by atoms with Crippen LogP contribution in [0.3, 0.4) is 0 Å². The van der Waals surface area contributed by atoms with Crippen LogP contribution in [0.1, 0.15) is 47.9 Å². The predicted octanol–water partition coefficient (Wildman–Crippen LogP) is 2.32. The standard InChI is InChI=1S/C17H17F3N4O4/c1-9(27-12-7-3-2-5-10(12)17(18,19)20)16(26)24-8-4-6-11(24)15-22-14(13(21)25)23-28-15/h2-3,5,7,9,11H,4,6,8H2,1H3,(H2,21,25)/t9-,11-/m1/s1. The molecule has 2 aromatic rings. The monoisotopic (exact) mass is 398 g/mol. The minimum Gasteiger partial charge on any atom is -0.480 e. The van der Waals surface area contributed by atoms with Gasteiger partial charge in [0.05, 0.1) is 5.56 Å². The second kappa shape index (κ2) is 7.49. The predicted molar refractivity (Wildman–Crippen MR) is 88.0 cm³/mol. The molecule has 1 aliphatic heterocycles. The van der Waals surface area contributed by atoms with E-state index < -0.39 is 41.4 Å². The van der Waals surface area contributed by atoms with E-state index in [9.17, 15) is 22.8 Å². The highest BCUT2D eigenvalue weighted by Gasteiger charge is 2.38. The second-order valence-electron chi connectivity index (χ2n) is 6.26. The Kier molecular flexibility index (Phi) is 5.25. The van der Waals surface area contributed by atoms with Gasteiger partial charge in [-0.25, -0.2) is 0 Å². The van der Waals surface area contributed by atoms with Gasteiger partial charge in [0.1, 0.15) is 11.8 Å². The van der Waals surface area contributed by atoms with Crippen molar-refractivity contribution in [2.24, 2.45) is 5.73 Å². The van der Waals surface area contributed by atoms with E-state index >= 15 is 0 Å². The molecule has 2 amide bonds. The smallest absolute Gasteiger partial charge is 0.419 e. The quantitative estimate of drug-likeness (QED) is 0.827. The normalized spacial score (nSPS) is 18.1. The lowest BCUT2D eigenvalue weighted by Crippen LogP contribution is -2.40. The molecular weight excluding hydrogens is 381 g/mol. The third-order valence-corrected chi connectivity index (χ3v) is 4.33. The average Bonchev–Trinajstić information content (AvgIpc) is 3.29. The van der Waals surface area contributed by atoms with Crippen LogP contribution in [0.4, 0.5) is 13.2 Å². The molecule has 1 aliphatic rings. The molecule has 2 atom stereocenters. The molecule has 1 aromatic carbocycles. The molecule has 1 fully saturated rings. The van der Waals surface area contributed by atoms with E-state index in [1.165, 1.54) is 24.0 Å². The van der Waals surface area contributed by atoms with Crippen molar-refractivity contribution in [1.82, 2.24) is 15.0 Å². The summed E-state index contributed by atoms with van der Waals surface area (Å²) in [6, 6.07) is 4.08.